The largest absolute Gasteiger partial charge is 0.293 e. The molecule has 1 unspecified atom stereocenters. The summed E-state index contributed by atoms with van der Waals surface area (Å²) in [7, 11) is -3.67. The molecule has 0 N–H and O–H groups in total. The van der Waals surface area contributed by atoms with Crippen molar-refractivity contribution in [3.8, 4) is 0 Å². The Bertz CT molecular complexity index is 862. The van der Waals surface area contributed by atoms with Crippen molar-refractivity contribution < 1.29 is 18.0 Å². The molecule has 1 aliphatic heterocycles. The number of carbonyl (C=O) groups is 2. The van der Waals surface area contributed by atoms with E-state index in [1.807, 2.05) is 13.0 Å². The van der Waals surface area contributed by atoms with E-state index in [2.05, 4.69) is 0 Å². The van der Waals surface area contributed by atoms with Crippen molar-refractivity contribution in [2.45, 2.75) is 29.9 Å². The summed E-state index contributed by atoms with van der Waals surface area (Å²) < 4.78 is 24.8. The van der Waals surface area contributed by atoms with Crippen LogP contribution in [0.2, 0.25) is 0 Å². The van der Waals surface area contributed by atoms with Crippen molar-refractivity contribution in [2.75, 3.05) is 0 Å². The quantitative estimate of drug-likeness (QED) is 0.806. The lowest BCUT2D eigenvalue weighted by Gasteiger charge is -2.07. The Balaban J connectivity index is 1.80. The van der Waals surface area contributed by atoms with Gasteiger partial charge in [-0.3, -0.25) is 9.59 Å². The number of hydrogen-bond donors (Lipinski definition) is 0. The minimum Gasteiger partial charge on any atom is -0.293 e. The van der Waals surface area contributed by atoms with Gasteiger partial charge in [-0.15, -0.1) is 11.3 Å². The van der Waals surface area contributed by atoms with Crippen molar-refractivity contribution in [1.82, 2.24) is 0 Å². The van der Waals surface area contributed by atoms with E-state index in [1.165, 1.54) is 23.5 Å². The molecule has 1 aliphatic rings. The van der Waals surface area contributed by atoms with Crippen LogP contribution in [0.3, 0.4) is 0 Å². The molecule has 0 saturated heterocycles. The van der Waals surface area contributed by atoms with Crippen molar-refractivity contribution >= 4 is 32.7 Å². The highest BCUT2D eigenvalue weighted by atomic mass is 32.2. The number of rotatable bonds is 4. The van der Waals surface area contributed by atoms with Crippen molar-refractivity contribution in [1.29, 1.82) is 0 Å². The fourth-order valence-electron chi connectivity index (χ4n) is 2.64. The van der Waals surface area contributed by atoms with E-state index in [9.17, 15) is 18.0 Å². The lowest BCUT2D eigenvalue weighted by atomic mass is 10.0. The molecule has 4 nitrogen and oxygen atoms in total. The number of fused-ring (bicyclic) bond motifs is 1. The number of ketones is 2. The van der Waals surface area contributed by atoms with E-state index >= 15 is 0 Å². The predicted octanol–water partition coefficient (Wildman–Crippen LogP) is 3.06. The van der Waals surface area contributed by atoms with E-state index in [0.717, 1.165) is 4.88 Å². The number of aryl methyl sites for hydroxylation is 1. The smallest absolute Gasteiger partial charge is 0.189 e. The lowest BCUT2D eigenvalue weighted by Crippen LogP contribution is -2.23. The van der Waals surface area contributed by atoms with Crippen LogP contribution in [-0.4, -0.2) is 25.2 Å². The summed E-state index contributed by atoms with van der Waals surface area (Å²) in [5, 5.41) is -1.13. The van der Waals surface area contributed by atoms with Gasteiger partial charge in [-0.2, -0.15) is 0 Å². The molecule has 2 heterocycles. The minimum absolute atomic E-state index is 0.0334. The van der Waals surface area contributed by atoms with Gasteiger partial charge in [0.2, 0.25) is 0 Å². The third-order valence-corrected chi connectivity index (χ3v) is 6.98. The fourth-order valence-corrected chi connectivity index (χ4v) is 5.36. The number of Topliss-reactive ketones (excluding diaryl/α,β-unsaturated/α-hetero) is 2. The summed E-state index contributed by atoms with van der Waals surface area (Å²) in [6.07, 6.45) is 0.0925. The maximum Gasteiger partial charge on any atom is 0.189 e. The molecule has 3 rings (SSSR count). The Kier molecular flexibility index (Phi) is 3.74. The average molecular weight is 334 g/mol. The van der Waals surface area contributed by atoms with Gasteiger partial charge in [0, 0.05) is 16.9 Å². The first-order valence-corrected chi connectivity index (χ1v) is 9.24. The van der Waals surface area contributed by atoms with Crippen molar-refractivity contribution in [2.24, 2.45) is 0 Å². The molecule has 6 heteroatoms. The van der Waals surface area contributed by atoms with Gasteiger partial charge < -0.3 is 0 Å². The molecule has 0 radical (unpaired) electrons. The van der Waals surface area contributed by atoms with E-state index < -0.39 is 20.9 Å². The van der Waals surface area contributed by atoms with Crippen LogP contribution in [0.4, 0.5) is 0 Å². The van der Waals surface area contributed by atoms with Gasteiger partial charge in [0.15, 0.2) is 21.4 Å². The highest BCUT2D eigenvalue weighted by Crippen LogP contribution is 2.33. The second-order valence-corrected chi connectivity index (χ2v) is 8.65. The van der Waals surface area contributed by atoms with Crippen LogP contribution in [0.5, 0.6) is 0 Å². The van der Waals surface area contributed by atoms with Gasteiger partial charge in [0.1, 0.15) is 5.25 Å². The van der Waals surface area contributed by atoms with Gasteiger partial charge in [0.05, 0.1) is 9.77 Å². The minimum atomic E-state index is -3.67. The van der Waals surface area contributed by atoms with Crippen LogP contribution in [0.15, 0.2) is 41.3 Å². The fraction of sp³-hybridized carbons (Fsp3) is 0.250. The molecular weight excluding hydrogens is 320 g/mol. The third-order valence-electron chi connectivity index (χ3n) is 3.77. The zero-order valence-corrected chi connectivity index (χ0v) is 13.5. The van der Waals surface area contributed by atoms with E-state index in [4.69, 9.17) is 0 Å². The van der Waals surface area contributed by atoms with E-state index in [0.29, 0.717) is 4.88 Å². The highest BCUT2D eigenvalue weighted by Gasteiger charge is 2.43. The number of carbonyl (C=O) groups excluding carboxylic acids is 2. The topological polar surface area (TPSA) is 68.3 Å². The van der Waals surface area contributed by atoms with Gasteiger partial charge in [-0.05, 0) is 31.5 Å². The zero-order chi connectivity index (χ0) is 15.9. The van der Waals surface area contributed by atoms with Crippen LogP contribution < -0.4 is 0 Å². The first-order chi connectivity index (χ1) is 10.4. The Hall–Kier alpha value is -1.79. The zero-order valence-electron chi connectivity index (χ0n) is 11.9. The molecular formula is C16H14O4S2. The molecule has 1 aromatic heterocycles. The maximum absolute atomic E-state index is 12.4. The summed E-state index contributed by atoms with van der Waals surface area (Å²) in [6.45, 7) is 1.91. The summed E-state index contributed by atoms with van der Waals surface area (Å²) in [5.74, 6) is -0.511. The Morgan fingerprint density at radius 1 is 1.18 bits per heavy atom. The maximum atomic E-state index is 12.4. The predicted molar refractivity (Wildman–Crippen MR) is 84.4 cm³/mol. The number of sulfone groups is 1. The summed E-state index contributed by atoms with van der Waals surface area (Å²) in [5.41, 5.74) is 0.243. The van der Waals surface area contributed by atoms with Crippen LogP contribution >= 0.6 is 11.3 Å². The average Bonchev–Trinajstić information content (AvgIpc) is 3.00. The molecule has 1 aromatic carbocycles. The van der Waals surface area contributed by atoms with Gasteiger partial charge >= 0.3 is 0 Å². The molecule has 0 spiro atoms. The molecule has 0 fully saturated rings. The van der Waals surface area contributed by atoms with Crippen LogP contribution in [0.1, 0.15) is 37.7 Å². The van der Waals surface area contributed by atoms with Gasteiger partial charge in [-0.1, -0.05) is 18.2 Å². The van der Waals surface area contributed by atoms with E-state index in [1.54, 1.807) is 18.2 Å². The molecule has 0 saturated carbocycles. The summed E-state index contributed by atoms with van der Waals surface area (Å²) in [4.78, 5) is 26.1. The Morgan fingerprint density at radius 2 is 1.91 bits per heavy atom. The molecule has 0 amide bonds. The normalized spacial score (nSPS) is 19.1. The molecule has 22 heavy (non-hydrogen) atoms. The third kappa shape index (κ3) is 2.42. The second-order valence-electron chi connectivity index (χ2n) is 5.27. The van der Waals surface area contributed by atoms with E-state index in [-0.39, 0.29) is 29.1 Å². The van der Waals surface area contributed by atoms with Crippen LogP contribution in [0.25, 0.3) is 0 Å². The van der Waals surface area contributed by atoms with Gasteiger partial charge in [0.25, 0.3) is 0 Å². The van der Waals surface area contributed by atoms with Crippen molar-refractivity contribution in [3.05, 3.63) is 51.7 Å². The monoisotopic (exact) mass is 334 g/mol. The lowest BCUT2D eigenvalue weighted by molar-refractivity contribution is 0.0964. The molecule has 0 bridgehead atoms. The number of benzene rings is 1. The summed E-state index contributed by atoms with van der Waals surface area (Å²) >= 11 is 1.38. The first-order valence-electron chi connectivity index (χ1n) is 6.88. The molecule has 2 aromatic rings. The standard InChI is InChI=1S/C16H14O4S2/c1-10-6-8-13(21-10)12(17)7-9-15-16(18)11-4-2-3-5-14(11)22(15,19)20/h2-6,8,15H,7,9H2,1H3. The molecule has 1 atom stereocenters. The SMILES string of the molecule is Cc1ccc(C(=O)CCC2C(=O)c3ccccc3S2(=O)=O)s1. The Morgan fingerprint density at radius 3 is 2.55 bits per heavy atom. The van der Waals surface area contributed by atoms with Crippen LogP contribution in [-0.2, 0) is 9.84 Å². The van der Waals surface area contributed by atoms with Crippen molar-refractivity contribution in [3.63, 3.8) is 0 Å². The Labute approximate surface area is 132 Å². The van der Waals surface area contributed by atoms with Gasteiger partial charge in [-0.25, -0.2) is 8.42 Å². The number of hydrogen-bond acceptors (Lipinski definition) is 5. The summed E-state index contributed by atoms with van der Waals surface area (Å²) in [6, 6.07) is 9.82. The number of thiophene rings is 1. The second kappa shape index (κ2) is 5.44. The van der Waals surface area contributed by atoms with Crippen LogP contribution in [0, 0.1) is 6.92 Å². The highest BCUT2D eigenvalue weighted by molar-refractivity contribution is 7.93. The molecule has 0 aliphatic carbocycles. The molecule has 114 valence electrons. The first kappa shape index (κ1) is 15.1.